The van der Waals surface area contributed by atoms with E-state index in [1.165, 1.54) is 12.4 Å². The SMILES string of the molecule is O=C(Nc1ncccn1)OC1=CC2=CN=CCC2=N1. The molecule has 0 saturated heterocycles. The van der Waals surface area contributed by atoms with Crippen molar-refractivity contribution in [1.29, 1.82) is 0 Å². The summed E-state index contributed by atoms with van der Waals surface area (Å²) in [5.41, 5.74) is 1.70. The highest BCUT2D eigenvalue weighted by atomic mass is 16.6. The van der Waals surface area contributed by atoms with E-state index in [0.29, 0.717) is 6.42 Å². The number of amides is 1. The third-order valence-corrected chi connectivity index (χ3v) is 2.44. The molecule has 0 aliphatic carbocycles. The molecule has 19 heavy (non-hydrogen) atoms. The Labute approximate surface area is 108 Å². The topological polar surface area (TPSA) is 88.8 Å². The fourth-order valence-corrected chi connectivity index (χ4v) is 1.62. The first-order valence-corrected chi connectivity index (χ1v) is 5.58. The Morgan fingerprint density at radius 3 is 2.95 bits per heavy atom. The second-order valence-electron chi connectivity index (χ2n) is 3.75. The van der Waals surface area contributed by atoms with Crippen molar-refractivity contribution in [3.05, 3.63) is 42.2 Å². The Morgan fingerprint density at radius 1 is 1.32 bits per heavy atom. The molecule has 3 heterocycles. The maximum atomic E-state index is 11.6. The summed E-state index contributed by atoms with van der Waals surface area (Å²) in [7, 11) is 0. The number of hydrogen-bond donors (Lipinski definition) is 1. The molecule has 0 fully saturated rings. The second-order valence-corrected chi connectivity index (χ2v) is 3.75. The molecular formula is C12H9N5O2. The minimum absolute atomic E-state index is 0.179. The first-order valence-electron chi connectivity index (χ1n) is 5.58. The third kappa shape index (κ3) is 2.54. The highest BCUT2D eigenvalue weighted by Crippen LogP contribution is 2.21. The number of allylic oxidation sites excluding steroid dienone is 2. The van der Waals surface area contributed by atoms with Gasteiger partial charge in [0.25, 0.3) is 0 Å². The van der Waals surface area contributed by atoms with Crippen LogP contribution in [0.5, 0.6) is 0 Å². The normalized spacial score (nSPS) is 16.1. The van der Waals surface area contributed by atoms with E-state index in [0.717, 1.165) is 11.3 Å². The van der Waals surface area contributed by atoms with Crippen LogP contribution >= 0.6 is 0 Å². The molecule has 2 aliphatic heterocycles. The highest BCUT2D eigenvalue weighted by molar-refractivity contribution is 6.12. The van der Waals surface area contributed by atoms with Crippen molar-refractivity contribution in [2.45, 2.75) is 6.42 Å². The second kappa shape index (κ2) is 4.81. The lowest BCUT2D eigenvalue weighted by Crippen LogP contribution is -2.14. The largest absolute Gasteiger partial charge is 0.420 e. The number of fused-ring (bicyclic) bond motifs is 1. The van der Waals surface area contributed by atoms with Crippen molar-refractivity contribution < 1.29 is 9.53 Å². The van der Waals surface area contributed by atoms with Gasteiger partial charge in [-0.05, 0) is 6.07 Å². The van der Waals surface area contributed by atoms with Crippen LogP contribution in [0.4, 0.5) is 10.7 Å². The summed E-state index contributed by atoms with van der Waals surface area (Å²) >= 11 is 0. The fraction of sp³-hybridized carbons (Fsp3) is 0.0833. The maximum Gasteiger partial charge on any atom is 0.420 e. The molecule has 1 aromatic rings. The zero-order valence-corrected chi connectivity index (χ0v) is 9.78. The average molecular weight is 255 g/mol. The molecule has 0 radical (unpaired) electrons. The third-order valence-electron chi connectivity index (χ3n) is 2.44. The quantitative estimate of drug-likeness (QED) is 0.870. The van der Waals surface area contributed by atoms with E-state index in [4.69, 9.17) is 4.74 Å². The van der Waals surface area contributed by atoms with Crippen LogP contribution in [0.3, 0.4) is 0 Å². The molecule has 1 amide bonds. The Bertz CT molecular complexity index is 631. The molecule has 1 N–H and O–H groups in total. The molecule has 0 spiro atoms. The summed E-state index contributed by atoms with van der Waals surface area (Å²) in [5, 5.41) is 2.41. The van der Waals surface area contributed by atoms with Gasteiger partial charge in [-0.15, -0.1) is 0 Å². The zero-order chi connectivity index (χ0) is 13.1. The number of aromatic nitrogens is 2. The molecule has 3 rings (SSSR count). The van der Waals surface area contributed by atoms with Crippen molar-refractivity contribution in [2.24, 2.45) is 9.98 Å². The minimum atomic E-state index is -0.679. The molecular weight excluding hydrogens is 246 g/mol. The van der Waals surface area contributed by atoms with E-state index in [1.54, 1.807) is 24.6 Å². The van der Waals surface area contributed by atoms with E-state index in [9.17, 15) is 4.79 Å². The van der Waals surface area contributed by atoms with Gasteiger partial charge in [-0.3, -0.25) is 10.3 Å². The number of anilines is 1. The van der Waals surface area contributed by atoms with Gasteiger partial charge in [0.2, 0.25) is 11.8 Å². The molecule has 0 aromatic carbocycles. The van der Waals surface area contributed by atoms with Gasteiger partial charge in [0.1, 0.15) is 0 Å². The summed E-state index contributed by atoms with van der Waals surface area (Å²) < 4.78 is 5.05. The first kappa shape index (κ1) is 11.3. The zero-order valence-electron chi connectivity index (χ0n) is 9.78. The van der Waals surface area contributed by atoms with E-state index in [2.05, 4.69) is 25.3 Å². The summed E-state index contributed by atoms with van der Waals surface area (Å²) in [6, 6.07) is 1.65. The van der Waals surface area contributed by atoms with Crippen LogP contribution in [0.15, 0.2) is 52.2 Å². The van der Waals surface area contributed by atoms with Crippen molar-refractivity contribution in [3.63, 3.8) is 0 Å². The molecule has 94 valence electrons. The Kier molecular flexibility index (Phi) is 2.85. The highest BCUT2D eigenvalue weighted by Gasteiger charge is 2.19. The number of ether oxygens (including phenoxy) is 1. The van der Waals surface area contributed by atoms with E-state index in [-0.39, 0.29) is 11.8 Å². The molecule has 1 aromatic heterocycles. The number of hydrogen-bond acceptors (Lipinski definition) is 6. The standard InChI is InChI=1S/C12H9N5O2/c18-12(17-11-14-3-1-4-15-11)19-10-6-8-7-13-5-2-9(8)16-10/h1,3-7H,2H2,(H,14,15,17,18). The minimum Gasteiger partial charge on any atom is -0.391 e. The smallest absolute Gasteiger partial charge is 0.391 e. The summed E-state index contributed by atoms with van der Waals surface area (Å²) in [5.74, 6) is 0.416. The molecule has 2 aliphatic rings. The van der Waals surface area contributed by atoms with Gasteiger partial charge in [0.15, 0.2) is 0 Å². The lowest BCUT2D eigenvalue weighted by molar-refractivity contribution is 0.191. The van der Waals surface area contributed by atoms with Crippen LogP contribution in [0.25, 0.3) is 0 Å². The maximum absolute atomic E-state index is 11.6. The van der Waals surface area contributed by atoms with Gasteiger partial charge >= 0.3 is 6.09 Å². The van der Waals surface area contributed by atoms with E-state index < -0.39 is 6.09 Å². The Balaban J connectivity index is 1.64. The van der Waals surface area contributed by atoms with Crippen LogP contribution in [0.2, 0.25) is 0 Å². The predicted molar refractivity (Wildman–Crippen MR) is 68.8 cm³/mol. The molecule has 7 heteroatoms. The first-order chi connectivity index (χ1) is 9.31. The van der Waals surface area contributed by atoms with Crippen molar-refractivity contribution in [3.8, 4) is 0 Å². The van der Waals surface area contributed by atoms with Crippen molar-refractivity contribution >= 4 is 24.0 Å². The molecule has 0 bridgehead atoms. The number of aliphatic imine (C=N–C) groups is 2. The predicted octanol–water partition coefficient (Wildman–Crippen LogP) is 1.68. The number of nitrogens with one attached hydrogen (secondary N) is 1. The monoisotopic (exact) mass is 255 g/mol. The summed E-state index contributed by atoms with van der Waals surface area (Å²) in [4.78, 5) is 27.5. The number of nitrogens with zero attached hydrogens (tertiary/aromatic N) is 4. The lowest BCUT2D eigenvalue weighted by Gasteiger charge is -2.03. The van der Waals surface area contributed by atoms with Crippen molar-refractivity contribution in [2.75, 3.05) is 5.32 Å². The van der Waals surface area contributed by atoms with Crippen LogP contribution in [-0.4, -0.2) is 28.0 Å². The van der Waals surface area contributed by atoms with Gasteiger partial charge in [0.05, 0.1) is 5.71 Å². The molecule has 7 nitrogen and oxygen atoms in total. The molecule has 0 atom stereocenters. The average Bonchev–Trinajstić information content (AvgIpc) is 2.81. The summed E-state index contributed by atoms with van der Waals surface area (Å²) in [6.07, 6.45) is 8.09. The van der Waals surface area contributed by atoms with Gasteiger partial charge in [0, 0.05) is 42.9 Å². The van der Waals surface area contributed by atoms with Crippen LogP contribution in [-0.2, 0) is 4.74 Å². The number of rotatable bonds is 2. The van der Waals surface area contributed by atoms with Crippen LogP contribution in [0.1, 0.15) is 6.42 Å². The van der Waals surface area contributed by atoms with E-state index in [1.807, 2.05) is 0 Å². The Hall–Kier alpha value is -2.83. The number of carbonyl (C=O) groups is 1. The van der Waals surface area contributed by atoms with Gasteiger partial charge < -0.3 is 4.74 Å². The molecule has 0 saturated carbocycles. The van der Waals surface area contributed by atoms with Gasteiger partial charge in [-0.2, -0.15) is 0 Å². The van der Waals surface area contributed by atoms with Gasteiger partial charge in [-0.25, -0.2) is 19.8 Å². The van der Waals surface area contributed by atoms with Gasteiger partial charge in [-0.1, -0.05) is 0 Å². The fourth-order valence-electron chi connectivity index (χ4n) is 1.62. The van der Waals surface area contributed by atoms with Crippen LogP contribution in [0, 0.1) is 0 Å². The van der Waals surface area contributed by atoms with E-state index >= 15 is 0 Å². The Morgan fingerprint density at radius 2 is 2.16 bits per heavy atom. The lowest BCUT2D eigenvalue weighted by atomic mass is 10.1. The van der Waals surface area contributed by atoms with Crippen molar-refractivity contribution in [1.82, 2.24) is 9.97 Å². The molecule has 0 unspecified atom stereocenters. The summed E-state index contributed by atoms with van der Waals surface area (Å²) in [6.45, 7) is 0. The van der Waals surface area contributed by atoms with Crippen LogP contribution < -0.4 is 5.32 Å². The number of carbonyl (C=O) groups excluding carboxylic acids is 1.